The number of benzene rings is 2. The number of aromatic amines is 2. The molecule has 4 heterocycles. The Labute approximate surface area is 220 Å². The maximum absolute atomic E-state index is 15.7. The maximum Gasteiger partial charge on any atom is 0.270 e. The molecule has 0 aliphatic carbocycles. The zero-order chi connectivity index (χ0) is 26.4. The number of aromatic nitrogens is 3. The number of hydrogen-bond donors (Lipinski definition) is 2. The van der Waals surface area contributed by atoms with Gasteiger partial charge >= 0.3 is 0 Å². The number of methoxy groups -OCH3 is 1. The van der Waals surface area contributed by atoms with Gasteiger partial charge in [0, 0.05) is 54.9 Å². The van der Waals surface area contributed by atoms with E-state index in [9.17, 15) is 4.79 Å². The van der Waals surface area contributed by atoms with Crippen LogP contribution in [0.2, 0.25) is 0 Å². The first-order valence-electron chi connectivity index (χ1n) is 12.9. The number of hydrogen-bond acceptors (Lipinski definition) is 4. The van der Waals surface area contributed by atoms with Crippen molar-refractivity contribution in [2.45, 2.75) is 19.8 Å². The van der Waals surface area contributed by atoms with E-state index in [1.54, 1.807) is 13.2 Å². The van der Waals surface area contributed by atoms with E-state index in [4.69, 9.17) is 4.74 Å². The van der Waals surface area contributed by atoms with Gasteiger partial charge in [0.2, 0.25) is 0 Å². The number of anilines is 1. The normalized spacial score (nSPS) is 14.1. The summed E-state index contributed by atoms with van der Waals surface area (Å²) in [6.45, 7) is 6.35. The van der Waals surface area contributed by atoms with Crippen LogP contribution in [0.4, 0.5) is 10.2 Å². The van der Waals surface area contributed by atoms with E-state index in [0.29, 0.717) is 54.1 Å². The van der Waals surface area contributed by atoms with Crippen molar-refractivity contribution in [1.82, 2.24) is 19.9 Å². The van der Waals surface area contributed by atoms with Crippen molar-refractivity contribution < 1.29 is 13.9 Å². The van der Waals surface area contributed by atoms with Crippen LogP contribution in [0, 0.1) is 5.82 Å². The van der Waals surface area contributed by atoms with Gasteiger partial charge in [-0.25, -0.2) is 9.37 Å². The molecule has 7 nitrogen and oxygen atoms in total. The molecule has 2 aromatic carbocycles. The molecule has 8 heteroatoms. The van der Waals surface area contributed by atoms with Crippen LogP contribution in [0.25, 0.3) is 32.9 Å². The van der Waals surface area contributed by atoms with E-state index in [1.165, 1.54) is 0 Å². The van der Waals surface area contributed by atoms with Gasteiger partial charge < -0.3 is 24.5 Å². The van der Waals surface area contributed by atoms with Gasteiger partial charge in [0.15, 0.2) is 11.6 Å². The van der Waals surface area contributed by atoms with Crippen LogP contribution >= 0.6 is 0 Å². The van der Waals surface area contributed by atoms with Gasteiger partial charge in [0.05, 0.1) is 18.1 Å². The molecule has 0 bridgehead atoms. The Hall–Kier alpha value is -4.33. The number of fused-ring (bicyclic) bond motifs is 2. The van der Waals surface area contributed by atoms with E-state index < -0.39 is 0 Å². The molecule has 38 heavy (non-hydrogen) atoms. The van der Waals surface area contributed by atoms with Gasteiger partial charge in [0.1, 0.15) is 11.4 Å². The van der Waals surface area contributed by atoms with Crippen LogP contribution in [0.1, 0.15) is 35.8 Å². The summed E-state index contributed by atoms with van der Waals surface area (Å²) in [6.07, 6.45) is 3.72. The van der Waals surface area contributed by atoms with Gasteiger partial charge in [0.25, 0.3) is 5.91 Å². The van der Waals surface area contributed by atoms with Gasteiger partial charge in [-0.3, -0.25) is 4.79 Å². The molecule has 0 saturated carbocycles. The number of amides is 1. The summed E-state index contributed by atoms with van der Waals surface area (Å²) in [5.41, 5.74) is 4.03. The van der Waals surface area contributed by atoms with Crippen LogP contribution in [0.15, 0.2) is 60.9 Å². The minimum atomic E-state index is -0.317. The second-order valence-corrected chi connectivity index (χ2v) is 10.0. The summed E-state index contributed by atoms with van der Waals surface area (Å²) in [7, 11) is 1.63. The number of ether oxygens (including phenoxy) is 1. The standard InChI is InChI=1S/C30H30FN5O2/c1-18(2)21-16-22(20-6-4-5-7-25(20)38-3)23-17-24(34-28(23)26(21)31)30(37)36-14-12-35(13-15-36)29-27-19(8-10-32-27)9-11-33-29/h4-11,16-18,32,34H,12-15H2,1-3H3. The van der Waals surface area contributed by atoms with Crippen molar-refractivity contribution in [3.05, 3.63) is 78.0 Å². The van der Waals surface area contributed by atoms with Crippen molar-refractivity contribution in [2.75, 3.05) is 38.2 Å². The lowest BCUT2D eigenvalue weighted by atomic mass is 9.93. The zero-order valence-corrected chi connectivity index (χ0v) is 21.7. The van der Waals surface area contributed by atoms with Crippen molar-refractivity contribution in [3.63, 3.8) is 0 Å². The second-order valence-electron chi connectivity index (χ2n) is 10.0. The number of halogens is 1. The van der Waals surface area contributed by atoms with Crippen LogP contribution in [0.3, 0.4) is 0 Å². The number of nitrogens with one attached hydrogen (secondary N) is 2. The molecule has 1 amide bonds. The summed E-state index contributed by atoms with van der Waals surface area (Å²) < 4.78 is 21.3. The Morgan fingerprint density at radius 2 is 1.82 bits per heavy atom. The minimum Gasteiger partial charge on any atom is -0.496 e. The van der Waals surface area contributed by atoms with E-state index in [-0.39, 0.29) is 17.6 Å². The molecule has 0 spiro atoms. The molecule has 6 rings (SSSR count). The third-order valence-electron chi connectivity index (χ3n) is 7.45. The molecule has 2 N–H and O–H groups in total. The van der Waals surface area contributed by atoms with Gasteiger partial charge in [-0.1, -0.05) is 32.0 Å². The highest BCUT2D eigenvalue weighted by Gasteiger charge is 2.27. The van der Waals surface area contributed by atoms with Crippen molar-refractivity contribution in [3.8, 4) is 16.9 Å². The molecule has 3 aromatic heterocycles. The molecular formula is C30H30FN5O2. The first-order valence-corrected chi connectivity index (χ1v) is 12.9. The predicted molar refractivity (Wildman–Crippen MR) is 149 cm³/mol. The van der Waals surface area contributed by atoms with E-state index in [2.05, 4.69) is 19.9 Å². The average Bonchev–Trinajstić information content (AvgIpc) is 3.61. The molecule has 1 saturated heterocycles. The molecule has 0 radical (unpaired) electrons. The summed E-state index contributed by atoms with van der Waals surface area (Å²) in [4.78, 5) is 28.6. The Kier molecular flexibility index (Phi) is 6.02. The number of piperazine rings is 1. The summed E-state index contributed by atoms with van der Waals surface area (Å²) >= 11 is 0. The Balaban J connectivity index is 1.32. The Morgan fingerprint density at radius 3 is 2.58 bits per heavy atom. The molecule has 0 unspecified atom stereocenters. The first kappa shape index (κ1) is 24.0. The van der Waals surface area contributed by atoms with E-state index >= 15 is 4.39 Å². The van der Waals surface area contributed by atoms with Crippen LogP contribution < -0.4 is 9.64 Å². The lowest BCUT2D eigenvalue weighted by Gasteiger charge is -2.35. The highest BCUT2D eigenvalue weighted by molar-refractivity contribution is 6.04. The van der Waals surface area contributed by atoms with Crippen molar-refractivity contribution in [2.24, 2.45) is 0 Å². The highest BCUT2D eigenvalue weighted by atomic mass is 19.1. The number of H-pyrrole nitrogens is 2. The number of carbonyl (C=O) groups is 1. The molecule has 194 valence electrons. The van der Waals surface area contributed by atoms with Crippen molar-refractivity contribution >= 4 is 33.5 Å². The molecule has 0 atom stereocenters. The number of nitrogens with zero attached hydrogens (tertiary/aromatic N) is 3. The quantitative estimate of drug-likeness (QED) is 0.306. The lowest BCUT2D eigenvalue weighted by Crippen LogP contribution is -2.49. The van der Waals surface area contributed by atoms with Gasteiger partial charge in [-0.2, -0.15) is 0 Å². The largest absolute Gasteiger partial charge is 0.496 e. The lowest BCUT2D eigenvalue weighted by molar-refractivity contribution is 0.0741. The maximum atomic E-state index is 15.7. The second kappa shape index (κ2) is 9.52. The number of rotatable bonds is 5. The van der Waals surface area contributed by atoms with E-state index in [1.807, 2.05) is 73.6 Å². The van der Waals surface area contributed by atoms with Crippen LogP contribution in [-0.2, 0) is 0 Å². The van der Waals surface area contributed by atoms with Gasteiger partial charge in [-0.05, 0) is 47.4 Å². The number of carbonyl (C=O) groups excluding carboxylic acids is 1. The molecule has 1 aliphatic rings. The monoisotopic (exact) mass is 511 g/mol. The fourth-order valence-corrected chi connectivity index (χ4v) is 5.40. The molecule has 1 fully saturated rings. The fourth-order valence-electron chi connectivity index (χ4n) is 5.40. The Morgan fingerprint density at radius 1 is 1.03 bits per heavy atom. The zero-order valence-electron chi connectivity index (χ0n) is 21.7. The smallest absolute Gasteiger partial charge is 0.270 e. The SMILES string of the molecule is COc1ccccc1-c1cc(C(C)C)c(F)c2[nH]c(C(=O)N3CCN(c4nccc5cc[nH]c45)CC3)cc12. The fraction of sp³-hybridized carbons (Fsp3) is 0.267. The third-order valence-corrected chi connectivity index (χ3v) is 7.45. The van der Waals surface area contributed by atoms with Crippen LogP contribution in [-0.4, -0.2) is 59.0 Å². The molecular weight excluding hydrogens is 481 g/mol. The minimum absolute atomic E-state index is 0.0267. The van der Waals surface area contributed by atoms with Crippen LogP contribution in [0.5, 0.6) is 5.75 Å². The first-order chi connectivity index (χ1) is 18.5. The van der Waals surface area contributed by atoms with E-state index in [0.717, 1.165) is 27.8 Å². The van der Waals surface area contributed by atoms with Gasteiger partial charge in [-0.15, -0.1) is 0 Å². The predicted octanol–water partition coefficient (Wildman–Crippen LogP) is 5.94. The molecule has 1 aliphatic heterocycles. The number of para-hydroxylation sites is 1. The molecule has 5 aromatic rings. The summed E-state index contributed by atoms with van der Waals surface area (Å²) in [5, 5.41) is 1.78. The summed E-state index contributed by atoms with van der Waals surface area (Å²) in [6, 6.07) is 15.4. The third kappa shape index (κ3) is 3.97. The highest BCUT2D eigenvalue weighted by Crippen LogP contribution is 2.39. The summed E-state index contributed by atoms with van der Waals surface area (Å²) in [5.74, 6) is 1.12. The number of pyridine rings is 1. The average molecular weight is 512 g/mol. The topological polar surface area (TPSA) is 77.2 Å². The van der Waals surface area contributed by atoms with Crippen molar-refractivity contribution in [1.29, 1.82) is 0 Å². The Bertz CT molecular complexity index is 1650.